The van der Waals surface area contributed by atoms with E-state index in [-0.39, 0.29) is 17.4 Å². The minimum atomic E-state index is -0.476. The van der Waals surface area contributed by atoms with Crippen molar-refractivity contribution >= 4 is 11.6 Å². The van der Waals surface area contributed by atoms with Crippen LogP contribution in [0.4, 0.5) is 10.1 Å². The van der Waals surface area contributed by atoms with Gasteiger partial charge < -0.3 is 10.6 Å². The molecular weight excluding hydrogens is 245 g/mol. The van der Waals surface area contributed by atoms with E-state index in [9.17, 15) is 9.18 Å². The molecule has 1 aromatic carbocycles. The van der Waals surface area contributed by atoms with Crippen molar-refractivity contribution < 1.29 is 9.18 Å². The van der Waals surface area contributed by atoms with Crippen molar-refractivity contribution in [3.63, 3.8) is 0 Å². The molecule has 2 N–H and O–H groups in total. The van der Waals surface area contributed by atoms with Crippen molar-refractivity contribution in [1.82, 2.24) is 5.32 Å². The van der Waals surface area contributed by atoms with Crippen molar-refractivity contribution in [1.29, 1.82) is 5.26 Å². The second-order valence-corrected chi connectivity index (χ2v) is 4.77. The van der Waals surface area contributed by atoms with Gasteiger partial charge in [0, 0.05) is 17.8 Å². The van der Waals surface area contributed by atoms with E-state index in [2.05, 4.69) is 10.6 Å². The lowest BCUT2D eigenvalue weighted by molar-refractivity contribution is -0.120. The maximum Gasteiger partial charge on any atom is 0.228 e. The summed E-state index contributed by atoms with van der Waals surface area (Å²) < 4.78 is 13.6. The molecule has 100 valence electrons. The fourth-order valence-corrected chi connectivity index (χ4v) is 2.18. The van der Waals surface area contributed by atoms with Gasteiger partial charge in [-0.05, 0) is 38.4 Å². The molecule has 1 amide bonds. The molecule has 0 radical (unpaired) electrons. The topological polar surface area (TPSA) is 64.9 Å². The van der Waals surface area contributed by atoms with E-state index < -0.39 is 5.82 Å². The lowest BCUT2D eigenvalue weighted by Gasteiger charge is -2.22. The standard InChI is InChI=1S/C14H16FN3O/c1-9-12(15)5-10(7-16)6-13(9)18-14(19)11-3-2-4-17-8-11/h5-6,11,17H,2-4,8H2,1H3,(H,18,19)/t11-/m0/s1. The number of hydrogen-bond acceptors (Lipinski definition) is 3. The smallest absolute Gasteiger partial charge is 0.228 e. The second kappa shape index (κ2) is 5.81. The third-order valence-electron chi connectivity index (χ3n) is 3.40. The number of nitrogens with zero attached hydrogens (tertiary/aromatic N) is 1. The summed E-state index contributed by atoms with van der Waals surface area (Å²) in [5.41, 5.74) is 0.948. The number of carbonyl (C=O) groups is 1. The molecule has 1 fully saturated rings. The van der Waals surface area contributed by atoms with Gasteiger partial charge in [0.15, 0.2) is 0 Å². The highest BCUT2D eigenvalue weighted by molar-refractivity contribution is 5.93. The average Bonchev–Trinajstić information content (AvgIpc) is 2.44. The summed E-state index contributed by atoms with van der Waals surface area (Å²) in [5, 5.41) is 14.7. The normalized spacial score (nSPS) is 18.7. The summed E-state index contributed by atoms with van der Waals surface area (Å²) >= 11 is 0. The minimum absolute atomic E-state index is 0.0954. The van der Waals surface area contributed by atoms with Gasteiger partial charge in [-0.15, -0.1) is 0 Å². The Hall–Kier alpha value is -1.93. The van der Waals surface area contributed by atoms with Gasteiger partial charge in [0.1, 0.15) is 5.82 Å². The van der Waals surface area contributed by atoms with Crippen molar-refractivity contribution in [3.05, 3.63) is 29.1 Å². The van der Waals surface area contributed by atoms with Crippen LogP contribution >= 0.6 is 0 Å². The molecule has 1 heterocycles. The zero-order chi connectivity index (χ0) is 13.8. The highest BCUT2D eigenvalue weighted by Crippen LogP contribution is 2.22. The zero-order valence-corrected chi connectivity index (χ0v) is 10.8. The van der Waals surface area contributed by atoms with Gasteiger partial charge >= 0.3 is 0 Å². The molecule has 2 rings (SSSR count). The number of hydrogen-bond donors (Lipinski definition) is 2. The molecule has 0 spiro atoms. The lowest BCUT2D eigenvalue weighted by atomic mass is 9.98. The van der Waals surface area contributed by atoms with Gasteiger partial charge in [-0.1, -0.05) is 0 Å². The van der Waals surface area contributed by atoms with Gasteiger partial charge in [0.25, 0.3) is 0 Å². The first-order chi connectivity index (χ1) is 9.11. The fraction of sp³-hybridized carbons (Fsp3) is 0.429. The number of nitriles is 1. The third kappa shape index (κ3) is 3.09. The predicted molar refractivity (Wildman–Crippen MR) is 70.1 cm³/mol. The molecule has 1 aliphatic rings. The Kier molecular flexibility index (Phi) is 4.13. The first-order valence-corrected chi connectivity index (χ1v) is 6.33. The first-order valence-electron chi connectivity index (χ1n) is 6.33. The number of rotatable bonds is 2. The van der Waals surface area contributed by atoms with E-state index in [0.29, 0.717) is 17.8 Å². The third-order valence-corrected chi connectivity index (χ3v) is 3.40. The van der Waals surface area contributed by atoms with Gasteiger partial charge in [0.2, 0.25) is 5.91 Å². The van der Waals surface area contributed by atoms with Crippen molar-refractivity contribution in [2.45, 2.75) is 19.8 Å². The molecule has 1 saturated heterocycles. The minimum Gasteiger partial charge on any atom is -0.325 e. The molecule has 0 unspecified atom stereocenters. The maximum absolute atomic E-state index is 13.6. The molecule has 0 saturated carbocycles. The number of piperidine rings is 1. The summed E-state index contributed by atoms with van der Waals surface area (Å²) in [4.78, 5) is 12.1. The monoisotopic (exact) mass is 261 g/mol. The van der Waals surface area contributed by atoms with E-state index >= 15 is 0 Å². The van der Waals surface area contributed by atoms with Crippen LogP contribution in [0.2, 0.25) is 0 Å². The molecule has 0 bridgehead atoms. The molecular formula is C14H16FN3O. The summed E-state index contributed by atoms with van der Waals surface area (Å²) in [5.74, 6) is -0.692. The summed E-state index contributed by atoms with van der Waals surface area (Å²) in [7, 11) is 0. The average molecular weight is 261 g/mol. The van der Waals surface area contributed by atoms with E-state index in [4.69, 9.17) is 5.26 Å². The fourth-order valence-electron chi connectivity index (χ4n) is 2.18. The van der Waals surface area contributed by atoms with Crippen molar-refractivity contribution in [3.8, 4) is 6.07 Å². The number of nitrogens with one attached hydrogen (secondary N) is 2. The van der Waals surface area contributed by atoms with Crippen LogP contribution in [0.1, 0.15) is 24.0 Å². The van der Waals surface area contributed by atoms with Crippen molar-refractivity contribution in [2.75, 3.05) is 18.4 Å². The molecule has 1 aliphatic heterocycles. The van der Waals surface area contributed by atoms with E-state index in [1.165, 1.54) is 12.1 Å². The molecule has 1 aromatic rings. The van der Waals surface area contributed by atoms with Crippen LogP contribution in [0.3, 0.4) is 0 Å². The Morgan fingerprint density at radius 1 is 1.58 bits per heavy atom. The van der Waals surface area contributed by atoms with E-state index in [1.54, 1.807) is 6.92 Å². The predicted octanol–water partition coefficient (Wildman–Crippen LogP) is 1.94. The quantitative estimate of drug-likeness (QED) is 0.855. The number of benzene rings is 1. The highest BCUT2D eigenvalue weighted by atomic mass is 19.1. The van der Waals surface area contributed by atoms with Crippen LogP contribution in [0, 0.1) is 30.0 Å². The summed E-state index contributed by atoms with van der Waals surface area (Å²) in [6.45, 7) is 3.16. The molecule has 1 atom stereocenters. The molecule has 5 heteroatoms. The van der Waals surface area contributed by atoms with E-state index in [0.717, 1.165) is 19.4 Å². The van der Waals surface area contributed by atoms with Gasteiger partial charge in [-0.25, -0.2) is 4.39 Å². The zero-order valence-electron chi connectivity index (χ0n) is 10.8. The summed E-state index contributed by atoms with van der Waals surface area (Å²) in [6, 6.07) is 4.56. The highest BCUT2D eigenvalue weighted by Gasteiger charge is 2.21. The molecule has 19 heavy (non-hydrogen) atoms. The van der Waals surface area contributed by atoms with Crippen LogP contribution < -0.4 is 10.6 Å². The van der Waals surface area contributed by atoms with Crippen molar-refractivity contribution in [2.24, 2.45) is 5.92 Å². The van der Waals surface area contributed by atoms with E-state index in [1.807, 2.05) is 6.07 Å². The maximum atomic E-state index is 13.6. The van der Waals surface area contributed by atoms with Crippen LogP contribution in [0.5, 0.6) is 0 Å². The Bertz CT molecular complexity index is 530. The Balaban J connectivity index is 2.16. The number of halogens is 1. The number of carbonyl (C=O) groups excluding carboxylic acids is 1. The molecule has 0 aliphatic carbocycles. The van der Waals surface area contributed by atoms with Crippen LogP contribution in [-0.2, 0) is 4.79 Å². The Labute approximate surface area is 111 Å². The van der Waals surface area contributed by atoms with Crippen LogP contribution in [-0.4, -0.2) is 19.0 Å². The Morgan fingerprint density at radius 3 is 3.00 bits per heavy atom. The van der Waals surface area contributed by atoms with Crippen LogP contribution in [0.15, 0.2) is 12.1 Å². The SMILES string of the molecule is Cc1c(F)cc(C#N)cc1NC(=O)[C@H]1CCCNC1. The van der Waals surface area contributed by atoms with Gasteiger partial charge in [0.05, 0.1) is 17.6 Å². The second-order valence-electron chi connectivity index (χ2n) is 4.77. The number of anilines is 1. The summed E-state index contributed by atoms with van der Waals surface area (Å²) in [6.07, 6.45) is 1.79. The lowest BCUT2D eigenvalue weighted by Crippen LogP contribution is -2.37. The number of amides is 1. The van der Waals surface area contributed by atoms with Crippen LogP contribution in [0.25, 0.3) is 0 Å². The van der Waals surface area contributed by atoms with Gasteiger partial charge in [-0.3, -0.25) is 4.79 Å². The molecule has 0 aromatic heterocycles. The first kappa shape index (κ1) is 13.5. The Morgan fingerprint density at radius 2 is 2.37 bits per heavy atom. The molecule has 4 nitrogen and oxygen atoms in total. The largest absolute Gasteiger partial charge is 0.325 e. The van der Waals surface area contributed by atoms with Gasteiger partial charge in [-0.2, -0.15) is 5.26 Å².